The minimum atomic E-state index is 1.01. The zero-order valence-corrected chi connectivity index (χ0v) is 11.4. The largest absolute Gasteiger partial charge is 0.316 e. The highest BCUT2D eigenvalue weighted by Crippen LogP contribution is 2.13. The molecule has 1 aromatic rings. The van der Waals surface area contributed by atoms with Gasteiger partial charge in [0.2, 0.25) is 0 Å². The molecule has 1 N–H and O–H groups in total. The number of nitrogens with zero attached hydrogens (tertiary/aromatic N) is 2. The van der Waals surface area contributed by atoms with E-state index in [1.165, 1.54) is 17.6 Å². The fourth-order valence-electron chi connectivity index (χ4n) is 1.73. The highest BCUT2D eigenvalue weighted by Gasteiger charge is 1.99. The molecule has 0 atom stereocenters. The summed E-state index contributed by atoms with van der Waals surface area (Å²) in [7, 11) is 0. The van der Waals surface area contributed by atoms with Crippen LogP contribution in [0, 0.1) is 0 Å². The zero-order chi connectivity index (χ0) is 12.5. The Morgan fingerprint density at radius 1 is 1.35 bits per heavy atom. The molecule has 3 heteroatoms. The first-order chi connectivity index (χ1) is 8.27. The quantitative estimate of drug-likeness (QED) is 0.702. The number of aromatic nitrogens is 2. The predicted octanol–water partition coefficient (Wildman–Crippen LogP) is 3.09. The highest BCUT2D eigenvalue weighted by atomic mass is 15.3. The summed E-state index contributed by atoms with van der Waals surface area (Å²) in [5, 5.41) is 7.75. The zero-order valence-electron chi connectivity index (χ0n) is 11.4. The lowest BCUT2D eigenvalue weighted by atomic mass is 10.1. The molecule has 96 valence electrons. The summed E-state index contributed by atoms with van der Waals surface area (Å²) < 4.78 is 2.02. The van der Waals surface area contributed by atoms with Gasteiger partial charge in [-0.1, -0.05) is 19.9 Å². The monoisotopic (exact) mass is 235 g/mol. The Bertz CT molecular complexity index is 339. The van der Waals surface area contributed by atoms with Crippen LogP contribution in [0.15, 0.2) is 18.5 Å². The summed E-state index contributed by atoms with van der Waals surface area (Å²) in [5.74, 6) is 0. The number of aryl methyl sites for hydroxylation is 1. The van der Waals surface area contributed by atoms with Gasteiger partial charge in [-0.25, -0.2) is 0 Å². The molecule has 3 nitrogen and oxygen atoms in total. The van der Waals surface area contributed by atoms with E-state index in [-0.39, 0.29) is 0 Å². The molecule has 1 heterocycles. The van der Waals surface area contributed by atoms with Crippen LogP contribution in [-0.2, 0) is 6.54 Å². The maximum atomic E-state index is 4.34. The van der Waals surface area contributed by atoms with E-state index in [4.69, 9.17) is 0 Å². The van der Waals surface area contributed by atoms with E-state index in [1.54, 1.807) is 0 Å². The van der Waals surface area contributed by atoms with E-state index < -0.39 is 0 Å². The van der Waals surface area contributed by atoms with Gasteiger partial charge in [-0.3, -0.25) is 4.68 Å². The molecule has 0 saturated heterocycles. The van der Waals surface area contributed by atoms with Crippen molar-refractivity contribution in [1.29, 1.82) is 0 Å². The van der Waals surface area contributed by atoms with Crippen LogP contribution >= 0.6 is 0 Å². The Morgan fingerprint density at radius 2 is 2.18 bits per heavy atom. The first-order valence-electron chi connectivity index (χ1n) is 6.68. The third-order valence-corrected chi connectivity index (χ3v) is 2.74. The van der Waals surface area contributed by atoms with E-state index in [2.05, 4.69) is 43.5 Å². The van der Waals surface area contributed by atoms with Crippen molar-refractivity contribution in [2.24, 2.45) is 0 Å². The Hall–Kier alpha value is -1.09. The lowest BCUT2D eigenvalue weighted by Gasteiger charge is -2.00. The molecule has 0 aliphatic heterocycles. The molecule has 1 aromatic heterocycles. The Morgan fingerprint density at radius 3 is 2.88 bits per heavy atom. The molecule has 0 unspecified atom stereocenters. The van der Waals surface area contributed by atoms with E-state index in [9.17, 15) is 0 Å². The molecule has 0 fully saturated rings. The van der Waals surface area contributed by atoms with Crippen molar-refractivity contribution in [1.82, 2.24) is 15.1 Å². The number of rotatable bonds is 8. The maximum Gasteiger partial charge on any atom is 0.0564 e. The van der Waals surface area contributed by atoms with Gasteiger partial charge in [-0.15, -0.1) is 0 Å². The third kappa shape index (κ3) is 5.18. The molecular formula is C14H25N3. The molecule has 0 radical (unpaired) electrons. The van der Waals surface area contributed by atoms with Crippen molar-refractivity contribution in [2.45, 2.75) is 46.6 Å². The summed E-state index contributed by atoms with van der Waals surface area (Å²) >= 11 is 0. The molecule has 0 aromatic carbocycles. The van der Waals surface area contributed by atoms with Crippen molar-refractivity contribution in [2.75, 3.05) is 13.1 Å². The molecule has 1 rings (SSSR count). The van der Waals surface area contributed by atoms with Crippen molar-refractivity contribution < 1.29 is 0 Å². The molecule has 0 aliphatic rings. The summed E-state index contributed by atoms with van der Waals surface area (Å²) in [6, 6.07) is 0. The van der Waals surface area contributed by atoms with Gasteiger partial charge in [-0.2, -0.15) is 5.10 Å². The normalized spacial score (nSPS) is 12.1. The second kappa shape index (κ2) is 8.07. The Labute approximate surface area is 105 Å². The van der Waals surface area contributed by atoms with Gasteiger partial charge in [0.25, 0.3) is 0 Å². The van der Waals surface area contributed by atoms with Crippen LogP contribution < -0.4 is 5.32 Å². The van der Waals surface area contributed by atoms with Gasteiger partial charge in [0.1, 0.15) is 0 Å². The minimum Gasteiger partial charge on any atom is -0.316 e. The number of hydrogen-bond donors (Lipinski definition) is 1. The van der Waals surface area contributed by atoms with Crippen LogP contribution in [0.3, 0.4) is 0 Å². The number of hydrogen-bond acceptors (Lipinski definition) is 2. The van der Waals surface area contributed by atoms with Crippen molar-refractivity contribution in [3.8, 4) is 0 Å². The van der Waals surface area contributed by atoms with Gasteiger partial charge in [0.05, 0.1) is 6.20 Å². The van der Waals surface area contributed by atoms with Crippen LogP contribution in [0.25, 0.3) is 5.57 Å². The maximum absolute atomic E-state index is 4.34. The molecule has 0 aliphatic carbocycles. The van der Waals surface area contributed by atoms with Crippen LogP contribution in [0.4, 0.5) is 0 Å². The lowest BCUT2D eigenvalue weighted by molar-refractivity contribution is 0.602. The SMILES string of the molecule is CCCNCCC=C(C)c1cnn(CCC)c1. The van der Waals surface area contributed by atoms with Crippen molar-refractivity contribution >= 4 is 5.57 Å². The van der Waals surface area contributed by atoms with E-state index in [1.807, 2.05) is 10.9 Å². The van der Waals surface area contributed by atoms with Gasteiger partial charge < -0.3 is 5.32 Å². The van der Waals surface area contributed by atoms with Gasteiger partial charge in [0.15, 0.2) is 0 Å². The van der Waals surface area contributed by atoms with Crippen LogP contribution in [0.2, 0.25) is 0 Å². The summed E-state index contributed by atoms with van der Waals surface area (Å²) in [6.45, 7) is 9.70. The molecule has 0 bridgehead atoms. The highest BCUT2D eigenvalue weighted by molar-refractivity contribution is 5.62. The summed E-state index contributed by atoms with van der Waals surface area (Å²) in [4.78, 5) is 0. The number of nitrogens with one attached hydrogen (secondary N) is 1. The van der Waals surface area contributed by atoms with Crippen LogP contribution in [0.1, 0.15) is 45.6 Å². The first kappa shape index (κ1) is 14.0. The third-order valence-electron chi connectivity index (χ3n) is 2.74. The second-order valence-electron chi connectivity index (χ2n) is 4.42. The fourth-order valence-corrected chi connectivity index (χ4v) is 1.73. The minimum absolute atomic E-state index is 1.01. The molecule has 0 saturated carbocycles. The first-order valence-corrected chi connectivity index (χ1v) is 6.68. The van der Waals surface area contributed by atoms with Crippen molar-refractivity contribution in [3.63, 3.8) is 0 Å². The standard InChI is InChI=1S/C14H25N3/c1-4-8-15-9-6-7-13(3)14-11-16-17(12-14)10-5-2/h7,11-12,15H,4-6,8-10H2,1-3H3. The molecular weight excluding hydrogens is 210 g/mol. The Balaban J connectivity index is 2.39. The van der Waals surface area contributed by atoms with E-state index in [0.29, 0.717) is 0 Å². The van der Waals surface area contributed by atoms with Crippen LogP contribution in [-0.4, -0.2) is 22.9 Å². The van der Waals surface area contributed by atoms with Gasteiger partial charge >= 0.3 is 0 Å². The van der Waals surface area contributed by atoms with Gasteiger partial charge in [0, 0.05) is 18.3 Å². The predicted molar refractivity (Wildman–Crippen MR) is 73.9 cm³/mol. The smallest absolute Gasteiger partial charge is 0.0564 e. The topological polar surface area (TPSA) is 29.9 Å². The molecule has 0 spiro atoms. The fraction of sp³-hybridized carbons (Fsp3) is 0.643. The van der Waals surface area contributed by atoms with E-state index in [0.717, 1.165) is 32.5 Å². The number of allylic oxidation sites excluding steroid dienone is 1. The van der Waals surface area contributed by atoms with Crippen molar-refractivity contribution in [3.05, 3.63) is 24.0 Å². The average molecular weight is 235 g/mol. The van der Waals surface area contributed by atoms with Crippen LogP contribution in [0.5, 0.6) is 0 Å². The molecule has 17 heavy (non-hydrogen) atoms. The van der Waals surface area contributed by atoms with Gasteiger partial charge in [-0.05, 0) is 44.8 Å². The lowest BCUT2D eigenvalue weighted by Crippen LogP contribution is -2.15. The average Bonchev–Trinajstić information content (AvgIpc) is 2.78. The Kier molecular flexibility index (Phi) is 6.63. The van der Waals surface area contributed by atoms with E-state index >= 15 is 0 Å². The second-order valence-corrected chi connectivity index (χ2v) is 4.42. The summed E-state index contributed by atoms with van der Waals surface area (Å²) in [6.07, 6.45) is 9.80. The molecule has 0 amide bonds. The summed E-state index contributed by atoms with van der Waals surface area (Å²) in [5.41, 5.74) is 2.57.